The molecule has 1 aromatic carbocycles. The molecule has 2 rings (SSSR count). The first-order chi connectivity index (χ1) is 7.24. The van der Waals surface area contributed by atoms with Crippen molar-refractivity contribution in [3.05, 3.63) is 48.2 Å². The van der Waals surface area contributed by atoms with Gasteiger partial charge in [0.15, 0.2) is 0 Å². The summed E-state index contributed by atoms with van der Waals surface area (Å²) in [4.78, 5) is 5.28. The number of aryl methyl sites for hydroxylation is 1. The number of phenols is 1. The van der Waals surface area contributed by atoms with Gasteiger partial charge < -0.3 is 5.11 Å². The topological polar surface area (TPSA) is 33.1 Å². The Hall–Kier alpha value is -1.48. The van der Waals surface area contributed by atoms with E-state index in [0.29, 0.717) is 0 Å². The molecule has 1 aromatic heterocycles. The molecule has 2 nitrogen and oxygen atoms in total. The highest BCUT2D eigenvalue weighted by Gasteiger charge is 1.98. The van der Waals surface area contributed by atoms with Crippen molar-refractivity contribution < 1.29 is 5.11 Å². The minimum Gasteiger partial charge on any atom is -0.508 e. The third-order valence-corrected chi connectivity index (χ3v) is 2.86. The highest BCUT2D eigenvalue weighted by Crippen LogP contribution is 2.27. The van der Waals surface area contributed by atoms with Gasteiger partial charge in [0, 0.05) is 11.1 Å². The van der Waals surface area contributed by atoms with E-state index in [1.54, 1.807) is 12.1 Å². The first kappa shape index (κ1) is 10.1. The zero-order valence-corrected chi connectivity index (χ0v) is 9.16. The second-order valence-electron chi connectivity index (χ2n) is 3.27. The van der Waals surface area contributed by atoms with E-state index >= 15 is 0 Å². The van der Waals surface area contributed by atoms with Crippen LogP contribution in [0.15, 0.2) is 52.5 Å². The largest absolute Gasteiger partial charge is 0.508 e. The van der Waals surface area contributed by atoms with E-state index in [1.807, 2.05) is 37.4 Å². The maximum Gasteiger partial charge on any atom is 0.116 e. The molecule has 1 N–H and O–H groups in total. The van der Waals surface area contributed by atoms with E-state index in [4.69, 9.17) is 0 Å². The molecule has 3 heteroatoms. The zero-order chi connectivity index (χ0) is 10.7. The number of pyridine rings is 1. The number of nitrogens with zero attached hydrogens (tertiary/aromatic N) is 1. The maximum absolute atomic E-state index is 9.30. The van der Waals surface area contributed by atoms with Crippen molar-refractivity contribution in [1.29, 1.82) is 0 Å². The summed E-state index contributed by atoms with van der Waals surface area (Å²) >= 11 is 1.54. The fraction of sp³-hybridized carbons (Fsp3) is 0.0833. The van der Waals surface area contributed by atoms with E-state index in [-0.39, 0.29) is 5.75 Å². The third-order valence-electron chi connectivity index (χ3n) is 1.92. The number of aromatic hydroxyl groups is 1. The second-order valence-corrected chi connectivity index (χ2v) is 4.37. The average Bonchev–Trinajstić information content (AvgIpc) is 2.22. The summed E-state index contributed by atoms with van der Waals surface area (Å²) < 4.78 is 0. The van der Waals surface area contributed by atoms with Crippen LogP contribution in [-0.4, -0.2) is 10.1 Å². The van der Waals surface area contributed by atoms with Gasteiger partial charge in [-0.3, -0.25) is 0 Å². The first-order valence-corrected chi connectivity index (χ1v) is 5.45. The predicted octanol–water partition coefficient (Wildman–Crippen LogP) is 3.25. The molecule has 1 heterocycles. The lowest BCUT2D eigenvalue weighted by molar-refractivity contribution is 0.474. The summed E-state index contributed by atoms with van der Waals surface area (Å²) in [5.74, 6) is 0.284. The highest BCUT2D eigenvalue weighted by molar-refractivity contribution is 7.99. The number of phenolic OH excluding ortho intramolecular Hbond substituents is 1. The molecule has 76 valence electrons. The van der Waals surface area contributed by atoms with Gasteiger partial charge in [-0.25, -0.2) is 4.98 Å². The summed E-state index contributed by atoms with van der Waals surface area (Å²) in [6.45, 7) is 2.01. The Morgan fingerprint density at radius 2 is 2.07 bits per heavy atom. The Morgan fingerprint density at radius 1 is 1.20 bits per heavy atom. The van der Waals surface area contributed by atoms with Gasteiger partial charge in [0.25, 0.3) is 0 Å². The normalized spacial score (nSPS) is 10.2. The Labute approximate surface area is 93.0 Å². The van der Waals surface area contributed by atoms with Crippen molar-refractivity contribution in [3.63, 3.8) is 0 Å². The molecule has 0 saturated carbocycles. The van der Waals surface area contributed by atoms with E-state index in [1.165, 1.54) is 11.8 Å². The smallest absolute Gasteiger partial charge is 0.116 e. The Kier molecular flexibility index (Phi) is 2.92. The van der Waals surface area contributed by atoms with Crippen LogP contribution in [0.25, 0.3) is 0 Å². The van der Waals surface area contributed by atoms with Gasteiger partial charge in [0.2, 0.25) is 0 Å². The van der Waals surface area contributed by atoms with Crippen LogP contribution in [-0.2, 0) is 0 Å². The molecule has 2 aromatic rings. The Balaban J connectivity index is 2.18. The van der Waals surface area contributed by atoms with Crippen LogP contribution >= 0.6 is 11.8 Å². The lowest BCUT2D eigenvalue weighted by Crippen LogP contribution is -1.80. The molecule has 0 aliphatic rings. The van der Waals surface area contributed by atoms with Crippen molar-refractivity contribution in [2.45, 2.75) is 16.8 Å². The molecule has 0 radical (unpaired) electrons. The van der Waals surface area contributed by atoms with Crippen LogP contribution in [0.2, 0.25) is 0 Å². The number of aromatic nitrogens is 1. The number of hydrogen-bond acceptors (Lipinski definition) is 3. The summed E-state index contributed by atoms with van der Waals surface area (Å²) in [7, 11) is 0. The van der Waals surface area contributed by atoms with E-state index in [9.17, 15) is 5.11 Å². The van der Waals surface area contributed by atoms with Crippen LogP contribution < -0.4 is 0 Å². The molecule has 0 fully saturated rings. The maximum atomic E-state index is 9.30. The van der Waals surface area contributed by atoms with Crippen molar-refractivity contribution in [1.82, 2.24) is 4.98 Å². The van der Waals surface area contributed by atoms with Crippen LogP contribution in [0, 0.1) is 6.92 Å². The monoisotopic (exact) mass is 217 g/mol. The van der Waals surface area contributed by atoms with Gasteiger partial charge in [-0.15, -0.1) is 0 Å². The minimum absolute atomic E-state index is 0.284. The van der Waals surface area contributed by atoms with Gasteiger partial charge in [0.1, 0.15) is 10.8 Å². The Bertz CT molecular complexity index is 453. The Morgan fingerprint density at radius 3 is 2.73 bits per heavy atom. The van der Waals surface area contributed by atoms with Crippen LogP contribution in [0.5, 0.6) is 5.75 Å². The molecule has 0 saturated heterocycles. The highest BCUT2D eigenvalue weighted by atomic mass is 32.2. The fourth-order valence-corrected chi connectivity index (χ4v) is 1.99. The van der Waals surface area contributed by atoms with Crippen LogP contribution in [0.3, 0.4) is 0 Å². The van der Waals surface area contributed by atoms with Gasteiger partial charge >= 0.3 is 0 Å². The minimum atomic E-state index is 0.284. The van der Waals surface area contributed by atoms with Crippen molar-refractivity contribution >= 4 is 11.8 Å². The van der Waals surface area contributed by atoms with Crippen LogP contribution in [0.1, 0.15) is 5.56 Å². The number of hydrogen-bond donors (Lipinski definition) is 1. The number of benzene rings is 1. The summed E-state index contributed by atoms with van der Waals surface area (Å²) in [6.07, 6.45) is 1.84. The fourth-order valence-electron chi connectivity index (χ4n) is 1.18. The van der Waals surface area contributed by atoms with Crippen molar-refractivity contribution in [2.75, 3.05) is 0 Å². The summed E-state index contributed by atoms with van der Waals surface area (Å²) in [6, 6.07) is 11.2. The van der Waals surface area contributed by atoms with Gasteiger partial charge in [-0.2, -0.15) is 0 Å². The number of rotatable bonds is 2. The van der Waals surface area contributed by atoms with Gasteiger partial charge in [-0.1, -0.05) is 23.9 Å². The first-order valence-electron chi connectivity index (χ1n) is 4.63. The lowest BCUT2D eigenvalue weighted by Gasteiger charge is -2.01. The third kappa shape index (κ3) is 2.73. The predicted molar refractivity (Wildman–Crippen MR) is 61.2 cm³/mol. The molecule has 0 unspecified atom stereocenters. The van der Waals surface area contributed by atoms with Crippen molar-refractivity contribution in [3.8, 4) is 5.75 Å². The molecule has 0 bridgehead atoms. The molecule has 0 aliphatic carbocycles. The molecule has 0 amide bonds. The second kappa shape index (κ2) is 4.36. The molecular formula is C12H11NOS. The average molecular weight is 217 g/mol. The summed E-state index contributed by atoms with van der Waals surface area (Å²) in [5, 5.41) is 10.2. The zero-order valence-electron chi connectivity index (χ0n) is 8.34. The SMILES string of the molecule is Cc1ccc(Sc2cccc(O)c2)nc1. The van der Waals surface area contributed by atoms with Crippen LogP contribution in [0.4, 0.5) is 0 Å². The molecular weight excluding hydrogens is 206 g/mol. The standard InChI is InChI=1S/C12H11NOS/c1-9-5-6-12(13-8-9)15-11-4-2-3-10(14)7-11/h2-8,14H,1H3. The molecule has 0 atom stereocenters. The quantitative estimate of drug-likeness (QED) is 0.838. The van der Waals surface area contributed by atoms with Gasteiger partial charge in [-0.05, 0) is 36.8 Å². The van der Waals surface area contributed by atoms with Crippen molar-refractivity contribution in [2.24, 2.45) is 0 Å². The molecule has 0 spiro atoms. The van der Waals surface area contributed by atoms with E-state index in [2.05, 4.69) is 4.98 Å². The van der Waals surface area contributed by atoms with E-state index in [0.717, 1.165) is 15.5 Å². The molecule has 15 heavy (non-hydrogen) atoms. The lowest BCUT2D eigenvalue weighted by atomic mass is 10.3. The van der Waals surface area contributed by atoms with E-state index < -0.39 is 0 Å². The van der Waals surface area contributed by atoms with Gasteiger partial charge in [0.05, 0.1) is 0 Å². The summed E-state index contributed by atoms with van der Waals surface area (Å²) in [5.41, 5.74) is 1.15. The molecule has 0 aliphatic heterocycles.